The van der Waals surface area contributed by atoms with E-state index < -0.39 is 12.6 Å². The molecule has 0 N–H and O–H groups in total. The highest BCUT2D eigenvalue weighted by Gasteiger charge is 2.29. The van der Waals surface area contributed by atoms with Crippen LogP contribution >= 0.6 is 0 Å². The van der Waals surface area contributed by atoms with Gasteiger partial charge in [0, 0.05) is 5.69 Å². The highest BCUT2D eigenvalue weighted by Crippen LogP contribution is 2.19. The first-order valence-corrected chi connectivity index (χ1v) is 3.77. The molecule has 0 spiro atoms. The van der Waals surface area contributed by atoms with Crippen LogP contribution in [-0.4, -0.2) is 22.4 Å². The molecule has 1 aromatic rings. The molecule has 14 heavy (non-hydrogen) atoms. The number of aldehydes is 1. The molecule has 3 nitrogen and oxygen atoms in total. The maximum atomic E-state index is 11.9. The first kappa shape index (κ1) is 10.6. The Morgan fingerprint density at radius 2 is 2.07 bits per heavy atom. The number of alkyl halides is 3. The Morgan fingerprint density at radius 1 is 1.43 bits per heavy atom. The average molecular weight is 204 g/mol. The highest BCUT2D eigenvalue weighted by atomic mass is 19.4. The lowest BCUT2D eigenvalue weighted by atomic mass is 10.3. The van der Waals surface area contributed by atoms with Crippen molar-refractivity contribution in [3.63, 3.8) is 0 Å². The van der Waals surface area contributed by atoms with E-state index >= 15 is 0 Å². The standard InChI is InChI=1S/C8H7F3N2O/c1-5-2-6(4-14)13-7(12-5)3-8(9,10)11/h2,4H,3H2,1H3. The maximum Gasteiger partial charge on any atom is 0.396 e. The van der Waals surface area contributed by atoms with Gasteiger partial charge in [0.25, 0.3) is 0 Å². The average Bonchev–Trinajstić information content (AvgIpc) is 1.99. The predicted molar refractivity (Wildman–Crippen MR) is 41.9 cm³/mol. The van der Waals surface area contributed by atoms with E-state index in [1.807, 2.05) is 0 Å². The van der Waals surface area contributed by atoms with E-state index in [4.69, 9.17) is 0 Å². The SMILES string of the molecule is Cc1cc(C=O)nc(CC(F)(F)F)n1. The van der Waals surface area contributed by atoms with Crippen LogP contribution in [0, 0.1) is 6.92 Å². The molecule has 0 aliphatic carbocycles. The van der Waals surface area contributed by atoms with Crippen LogP contribution in [0.5, 0.6) is 0 Å². The zero-order valence-electron chi connectivity index (χ0n) is 7.30. The molecule has 1 heterocycles. The summed E-state index contributed by atoms with van der Waals surface area (Å²) in [5.74, 6) is -0.375. The van der Waals surface area contributed by atoms with Crippen LogP contribution in [-0.2, 0) is 6.42 Å². The molecule has 1 rings (SSSR count). The van der Waals surface area contributed by atoms with E-state index in [1.165, 1.54) is 13.0 Å². The minimum Gasteiger partial charge on any atom is -0.296 e. The summed E-state index contributed by atoms with van der Waals surface area (Å²) >= 11 is 0. The van der Waals surface area contributed by atoms with Gasteiger partial charge in [-0.25, -0.2) is 9.97 Å². The topological polar surface area (TPSA) is 42.9 Å². The molecular formula is C8H7F3N2O. The second-order valence-electron chi connectivity index (χ2n) is 2.76. The van der Waals surface area contributed by atoms with Crippen molar-refractivity contribution in [1.29, 1.82) is 0 Å². The van der Waals surface area contributed by atoms with Crippen molar-refractivity contribution in [2.24, 2.45) is 0 Å². The number of carbonyl (C=O) groups excluding carboxylic acids is 1. The summed E-state index contributed by atoms with van der Waals surface area (Å²) in [6.07, 6.45) is -5.17. The Balaban J connectivity index is 2.98. The molecular weight excluding hydrogens is 197 g/mol. The van der Waals surface area contributed by atoms with Crippen LogP contribution in [0.25, 0.3) is 0 Å². The molecule has 0 aromatic carbocycles. The van der Waals surface area contributed by atoms with Crippen LogP contribution in [0.2, 0.25) is 0 Å². The normalized spacial score (nSPS) is 11.4. The second kappa shape index (κ2) is 3.73. The number of carbonyl (C=O) groups is 1. The van der Waals surface area contributed by atoms with Gasteiger partial charge in [0.2, 0.25) is 0 Å². The summed E-state index contributed by atoms with van der Waals surface area (Å²) in [7, 11) is 0. The van der Waals surface area contributed by atoms with Gasteiger partial charge in [-0.05, 0) is 13.0 Å². The maximum absolute atomic E-state index is 11.9. The highest BCUT2D eigenvalue weighted by molar-refractivity contribution is 5.71. The summed E-state index contributed by atoms with van der Waals surface area (Å²) in [6.45, 7) is 1.51. The summed E-state index contributed by atoms with van der Waals surface area (Å²) in [4.78, 5) is 17.3. The van der Waals surface area contributed by atoms with Gasteiger partial charge in [-0.3, -0.25) is 4.79 Å². The quantitative estimate of drug-likeness (QED) is 0.688. The van der Waals surface area contributed by atoms with Crippen molar-refractivity contribution in [3.05, 3.63) is 23.3 Å². The van der Waals surface area contributed by atoms with Crippen LogP contribution in [0.3, 0.4) is 0 Å². The van der Waals surface area contributed by atoms with Crippen LogP contribution in [0.1, 0.15) is 22.0 Å². The molecule has 6 heteroatoms. The van der Waals surface area contributed by atoms with Gasteiger partial charge >= 0.3 is 6.18 Å². The molecule has 1 aromatic heterocycles. The number of nitrogens with zero attached hydrogens (tertiary/aromatic N) is 2. The molecule has 0 bridgehead atoms. The first-order chi connectivity index (χ1) is 6.40. The fourth-order valence-corrected chi connectivity index (χ4v) is 0.975. The van der Waals surface area contributed by atoms with Crippen molar-refractivity contribution >= 4 is 6.29 Å². The van der Waals surface area contributed by atoms with Crippen LogP contribution < -0.4 is 0 Å². The van der Waals surface area contributed by atoms with Gasteiger partial charge in [-0.15, -0.1) is 0 Å². The molecule has 0 fully saturated rings. The number of hydrogen-bond donors (Lipinski definition) is 0. The summed E-state index contributed by atoms with van der Waals surface area (Å²) in [5.41, 5.74) is 0.318. The smallest absolute Gasteiger partial charge is 0.296 e. The minimum atomic E-state index is -4.35. The van der Waals surface area contributed by atoms with Crippen molar-refractivity contribution < 1.29 is 18.0 Å². The third kappa shape index (κ3) is 3.12. The van der Waals surface area contributed by atoms with Gasteiger partial charge in [0.1, 0.15) is 17.9 Å². The van der Waals surface area contributed by atoms with Gasteiger partial charge in [0.05, 0.1) is 0 Å². The molecule has 0 saturated carbocycles. The van der Waals surface area contributed by atoms with Gasteiger partial charge in [0.15, 0.2) is 6.29 Å². The molecule has 0 radical (unpaired) electrons. The Hall–Kier alpha value is -1.46. The molecule has 0 amide bonds. The fourth-order valence-electron chi connectivity index (χ4n) is 0.975. The predicted octanol–water partition coefficient (Wildman–Crippen LogP) is 1.70. The Labute approximate surface area is 78.0 Å². The zero-order valence-corrected chi connectivity index (χ0v) is 7.30. The zero-order chi connectivity index (χ0) is 10.8. The second-order valence-corrected chi connectivity index (χ2v) is 2.76. The number of hydrogen-bond acceptors (Lipinski definition) is 3. The molecule has 0 saturated heterocycles. The van der Waals surface area contributed by atoms with E-state index in [0.29, 0.717) is 12.0 Å². The van der Waals surface area contributed by atoms with E-state index in [2.05, 4.69) is 9.97 Å². The van der Waals surface area contributed by atoms with Crippen molar-refractivity contribution in [3.8, 4) is 0 Å². The first-order valence-electron chi connectivity index (χ1n) is 3.77. The van der Waals surface area contributed by atoms with Crippen molar-refractivity contribution in [2.45, 2.75) is 19.5 Å². The summed E-state index contributed by atoms with van der Waals surface area (Å²) in [6, 6.07) is 1.33. The molecule has 0 unspecified atom stereocenters. The Kier molecular flexibility index (Phi) is 2.83. The minimum absolute atomic E-state index is 0.0308. The van der Waals surface area contributed by atoms with E-state index in [9.17, 15) is 18.0 Å². The Morgan fingerprint density at radius 3 is 2.57 bits per heavy atom. The lowest BCUT2D eigenvalue weighted by Crippen LogP contribution is -2.15. The molecule has 76 valence electrons. The third-order valence-corrected chi connectivity index (χ3v) is 1.40. The van der Waals surface area contributed by atoms with Crippen molar-refractivity contribution in [1.82, 2.24) is 9.97 Å². The lowest BCUT2D eigenvalue weighted by Gasteiger charge is -2.05. The number of halogens is 3. The molecule has 0 atom stereocenters. The van der Waals surface area contributed by atoms with Gasteiger partial charge in [-0.2, -0.15) is 13.2 Å². The molecule has 0 aliphatic rings. The monoisotopic (exact) mass is 204 g/mol. The van der Waals surface area contributed by atoms with Crippen LogP contribution in [0.4, 0.5) is 13.2 Å². The third-order valence-electron chi connectivity index (χ3n) is 1.40. The van der Waals surface area contributed by atoms with E-state index in [0.717, 1.165) is 0 Å². The van der Waals surface area contributed by atoms with E-state index in [1.54, 1.807) is 0 Å². The van der Waals surface area contributed by atoms with Gasteiger partial charge in [-0.1, -0.05) is 0 Å². The Bertz CT molecular complexity index is 349. The van der Waals surface area contributed by atoms with E-state index in [-0.39, 0.29) is 11.5 Å². The fraction of sp³-hybridized carbons (Fsp3) is 0.375. The molecule has 0 aliphatic heterocycles. The number of aryl methyl sites for hydroxylation is 1. The van der Waals surface area contributed by atoms with Crippen LogP contribution in [0.15, 0.2) is 6.07 Å². The summed E-state index contributed by atoms with van der Waals surface area (Å²) in [5, 5.41) is 0. The van der Waals surface area contributed by atoms with Crippen molar-refractivity contribution in [2.75, 3.05) is 0 Å². The van der Waals surface area contributed by atoms with Gasteiger partial charge < -0.3 is 0 Å². The largest absolute Gasteiger partial charge is 0.396 e. The number of rotatable bonds is 2. The number of aromatic nitrogens is 2. The summed E-state index contributed by atoms with van der Waals surface area (Å²) < 4.78 is 35.8. The lowest BCUT2D eigenvalue weighted by molar-refractivity contribution is -0.128.